The summed E-state index contributed by atoms with van der Waals surface area (Å²) in [5.41, 5.74) is 9.18. The molecule has 0 bridgehead atoms. The highest BCUT2D eigenvalue weighted by molar-refractivity contribution is 5.93. The standard InChI is InChI=1S/C36H40N4O2/c37-22-9-16-34-36(42)40(26-33(29-11-3-1-4-12-29)30-13-5-2-6-14-30)23-21-32(39-34)25-38-35(41)20-18-27-17-19-28-10-7-8-15-31(28)24-27/h1-8,10-15,17-20,24,32-34,39H,9,16,21-23,25-26,37H2,(H,38,41)/t32-,34-/m0/s1. The second-order valence-corrected chi connectivity index (χ2v) is 11.0. The highest BCUT2D eigenvalue weighted by Crippen LogP contribution is 2.27. The van der Waals surface area contributed by atoms with E-state index in [-0.39, 0.29) is 29.8 Å². The quantitative estimate of drug-likeness (QED) is 0.223. The van der Waals surface area contributed by atoms with Crippen LogP contribution in [-0.4, -0.2) is 55.0 Å². The molecule has 4 aromatic carbocycles. The van der Waals surface area contributed by atoms with Crippen molar-refractivity contribution in [1.29, 1.82) is 0 Å². The van der Waals surface area contributed by atoms with Gasteiger partial charge in [0.25, 0.3) is 0 Å². The predicted octanol–water partition coefficient (Wildman–Crippen LogP) is 5.10. The van der Waals surface area contributed by atoms with E-state index in [2.05, 4.69) is 59.2 Å². The average molecular weight is 561 g/mol. The Labute approximate surface area is 248 Å². The molecule has 6 heteroatoms. The molecule has 0 unspecified atom stereocenters. The second kappa shape index (κ2) is 14.6. The Hall–Kier alpha value is -4.26. The van der Waals surface area contributed by atoms with Crippen LogP contribution >= 0.6 is 0 Å². The van der Waals surface area contributed by atoms with E-state index in [4.69, 9.17) is 5.73 Å². The number of nitrogens with one attached hydrogen (secondary N) is 2. The van der Waals surface area contributed by atoms with Crippen LogP contribution in [0.15, 0.2) is 109 Å². The van der Waals surface area contributed by atoms with E-state index in [0.717, 1.165) is 23.8 Å². The lowest BCUT2D eigenvalue weighted by Crippen LogP contribution is -2.49. The second-order valence-electron chi connectivity index (χ2n) is 11.0. The first-order valence-corrected chi connectivity index (χ1v) is 14.9. The number of rotatable bonds is 11. The van der Waals surface area contributed by atoms with Gasteiger partial charge >= 0.3 is 0 Å². The van der Waals surface area contributed by atoms with Crippen molar-refractivity contribution in [3.8, 4) is 0 Å². The van der Waals surface area contributed by atoms with Crippen LogP contribution in [0.5, 0.6) is 0 Å². The molecule has 4 aromatic rings. The number of nitrogens with two attached hydrogens (primary N) is 1. The summed E-state index contributed by atoms with van der Waals surface area (Å²) in [4.78, 5) is 28.5. The summed E-state index contributed by atoms with van der Waals surface area (Å²) in [7, 11) is 0. The Morgan fingerprint density at radius 3 is 2.29 bits per heavy atom. The third-order valence-corrected chi connectivity index (χ3v) is 8.02. The van der Waals surface area contributed by atoms with Crippen LogP contribution in [0.2, 0.25) is 0 Å². The molecule has 1 saturated heterocycles. The van der Waals surface area contributed by atoms with E-state index in [9.17, 15) is 9.59 Å². The van der Waals surface area contributed by atoms with Crippen molar-refractivity contribution in [3.05, 3.63) is 126 Å². The van der Waals surface area contributed by atoms with Gasteiger partial charge in [0.05, 0.1) is 6.04 Å². The van der Waals surface area contributed by atoms with Gasteiger partial charge < -0.3 is 21.3 Å². The van der Waals surface area contributed by atoms with Crippen molar-refractivity contribution in [2.45, 2.75) is 37.3 Å². The van der Waals surface area contributed by atoms with Crippen molar-refractivity contribution in [3.63, 3.8) is 0 Å². The normalized spacial score (nSPS) is 17.6. The molecule has 1 fully saturated rings. The zero-order valence-corrected chi connectivity index (χ0v) is 24.0. The number of carbonyl (C=O) groups is 2. The van der Waals surface area contributed by atoms with E-state index >= 15 is 0 Å². The smallest absolute Gasteiger partial charge is 0.244 e. The highest BCUT2D eigenvalue weighted by Gasteiger charge is 2.32. The van der Waals surface area contributed by atoms with Gasteiger partial charge in [-0.15, -0.1) is 0 Å². The fourth-order valence-electron chi connectivity index (χ4n) is 5.71. The fourth-order valence-corrected chi connectivity index (χ4v) is 5.71. The molecule has 5 rings (SSSR count). The largest absolute Gasteiger partial charge is 0.351 e. The van der Waals surface area contributed by atoms with Crippen molar-refractivity contribution in [2.24, 2.45) is 5.73 Å². The lowest BCUT2D eigenvalue weighted by atomic mass is 9.90. The number of nitrogens with zero attached hydrogens (tertiary/aromatic N) is 1. The number of hydrogen-bond acceptors (Lipinski definition) is 4. The summed E-state index contributed by atoms with van der Waals surface area (Å²) in [6, 6.07) is 34.7. The van der Waals surface area contributed by atoms with E-state index in [1.54, 1.807) is 6.08 Å². The topological polar surface area (TPSA) is 87.5 Å². The van der Waals surface area contributed by atoms with Gasteiger partial charge in [-0.25, -0.2) is 0 Å². The third-order valence-electron chi connectivity index (χ3n) is 8.02. The number of carbonyl (C=O) groups excluding carboxylic acids is 2. The Morgan fingerprint density at radius 1 is 0.929 bits per heavy atom. The SMILES string of the molecule is NCCC[C@@H]1N[C@H](CNC(=O)C=Cc2ccc3ccccc3c2)CCN(CC(c2ccccc2)c2ccccc2)C1=O. The molecule has 42 heavy (non-hydrogen) atoms. The van der Waals surface area contributed by atoms with Crippen molar-refractivity contribution in [2.75, 3.05) is 26.2 Å². The number of fused-ring (bicyclic) bond motifs is 1. The summed E-state index contributed by atoms with van der Waals surface area (Å²) in [6.45, 7) is 2.20. The minimum absolute atomic E-state index is 0.0216. The van der Waals surface area contributed by atoms with Crippen LogP contribution in [-0.2, 0) is 9.59 Å². The average Bonchev–Trinajstić information content (AvgIpc) is 3.19. The lowest BCUT2D eigenvalue weighted by molar-refractivity contribution is -0.133. The molecule has 1 aliphatic heterocycles. The van der Waals surface area contributed by atoms with Gasteiger partial charge in [0.15, 0.2) is 0 Å². The molecule has 1 heterocycles. The molecule has 0 aromatic heterocycles. The van der Waals surface area contributed by atoms with Crippen LogP contribution in [0, 0.1) is 0 Å². The van der Waals surface area contributed by atoms with Crippen LogP contribution in [0.25, 0.3) is 16.8 Å². The van der Waals surface area contributed by atoms with E-state index in [0.29, 0.717) is 32.6 Å². The van der Waals surface area contributed by atoms with Gasteiger partial charge in [0.2, 0.25) is 11.8 Å². The number of amides is 2. The van der Waals surface area contributed by atoms with Crippen molar-refractivity contribution in [1.82, 2.24) is 15.5 Å². The first kappa shape index (κ1) is 29.2. The van der Waals surface area contributed by atoms with Gasteiger partial charge in [-0.2, -0.15) is 0 Å². The minimum Gasteiger partial charge on any atom is -0.351 e. The molecule has 216 valence electrons. The maximum atomic E-state index is 13.8. The van der Waals surface area contributed by atoms with Crippen LogP contribution in [0.1, 0.15) is 41.9 Å². The molecule has 4 N–H and O–H groups in total. The predicted molar refractivity (Wildman–Crippen MR) is 171 cm³/mol. The molecular formula is C36H40N4O2. The van der Waals surface area contributed by atoms with Gasteiger partial charge in [0, 0.05) is 37.7 Å². The zero-order chi connectivity index (χ0) is 29.1. The molecular weight excluding hydrogens is 520 g/mol. The van der Waals surface area contributed by atoms with E-state index < -0.39 is 0 Å². The highest BCUT2D eigenvalue weighted by atomic mass is 16.2. The van der Waals surface area contributed by atoms with Crippen LogP contribution < -0.4 is 16.4 Å². The first-order valence-electron chi connectivity index (χ1n) is 14.9. The Balaban J connectivity index is 1.25. The molecule has 0 radical (unpaired) electrons. The first-order chi connectivity index (χ1) is 20.6. The summed E-state index contributed by atoms with van der Waals surface area (Å²) >= 11 is 0. The minimum atomic E-state index is -0.335. The fraction of sp³-hybridized carbons (Fsp3) is 0.278. The Morgan fingerprint density at radius 2 is 1.60 bits per heavy atom. The van der Waals surface area contributed by atoms with E-state index in [1.807, 2.05) is 65.6 Å². The summed E-state index contributed by atoms with van der Waals surface area (Å²) in [5.74, 6) is 0.0254. The van der Waals surface area contributed by atoms with E-state index in [1.165, 1.54) is 16.5 Å². The van der Waals surface area contributed by atoms with Crippen LogP contribution in [0.3, 0.4) is 0 Å². The Kier molecular flexibility index (Phi) is 10.1. The molecule has 0 saturated carbocycles. The van der Waals surface area contributed by atoms with Crippen molar-refractivity contribution >= 4 is 28.7 Å². The summed E-state index contributed by atoms with van der Waals surface area (Å²) < 4.78 is 0. The molecule has 0 spiro atoms. The molecule has 2 atom stereocenters. The number of benzene rings is 4. The molecule has 0 aliphatic carbocycles. The Bertz CT molecular complexity index is 1450. The van der Waals surface area contributed by atoms with Gasteiger partial charge in [-0.3, -0.25) is 9.59 Å². The van der Waals surface area contributed by atoms with Crippen LogP contribution in [0.4, 0.5) is 0 Å². The molecule has 6 nitrogen and oxygen atoms in total. The van der Waals surface area contributed by atoms with Gasteiger partial charge in [0.1, 0.15) is 0 Å². The third kappa shape index (κ3) is 7.72. The zero-order valence-electron chi connectivity index (χ0n) is 24.0. The maximum absolute atomic E-state index is 13.8. The van der Waals surface area contributed by atoms with Gasteiger partial charge in [-0.05, 0) is 65.4 Å². The number of hydrogen-bond donors (Lipinski definition) is 3. The van der Waals surface area contributed by atoms with Crippen molar-refractivity contribution < 1.29 is 9.59 Å². The summed E-state index contributed by atoms with van der Waals surface area (Å²) in [5, 5.41) is 8.90. The molecule has 2 amide bonds. The molecule has 1 aliphatic rings. The monoisotopic (exact) mass is 560 g/mol. The maximum Gasteiger partial charge on any atom is 0.244 e. The van der Waals surface area contributed by atoms with Gasteiger partial charge in [-0.1, -0.05) is 97.1 Å². The lowest BCUT2D eigenvalue weighted by Gasteiger charge is -2.29. The summed E-state index contributed by atoms with van der Waals surface area (Å²) in [6.07, 6.45) is 5.58.